The van der Waals surface area contributed by atoms with Gasteiger partial charge in [-0.3, -0.25) is 9.59 Å². The molecule has 1 aromatic heterocycles. The lowest BCUT2D eigenvalue weighted by Crippen LogP contribution is -2.42. The van der Waals surface area contributed by atoms with Gasteiger partial charge in [0.2, 0.25) is 11.8 Å². The normalized spacial score (nSPS) is 18.0. The summed E-state index contributed by atoms with van der Waals surface area (Å²) >= 11 is 1.53. The van der Waals surface area contributed by atoms with Crippen LogP contribution >= 0.6 is 11.3 Å². The molecule has 7 heteroatoms. The van der Waals surface area contributed by atoms with E-state index in [0.717, 1.165) is 46.9 Å². The molecule has 2 fully saturated rings. The van der Waals surface area contributed by atoms with Crippen molar-refractivity contribution in [1.82, 2.24) is 15.1 Å². The van der Waals surface area contributed by atoms with Crippen molar-refractivity contribution < 1.29 is 9.59 Å². The van der Waals surface area contributed by atoms with Gasteiger partial charge in [0.1, 0.15) is 10.0 Å². The van der Waals surface area contributed by atoms with Crippen LogP contribution in [0.3, 0.4) is 0 Å². The van der Waals surface area contributed by atoms with Gasteiger partial charge >= 0.3 is 0 Å². The van der Waals surface area contributed by atoms with Gasteiger partial charge in [-0.1, -0.05) is 23.5 Å². The second kappa shape index (κ2) is 7.15. The second-order valence-electron chi connectivity index (χ2n) is 7.07. The fourth-order valence-corrected chi connectivity index (χ4v) is 4.03. The molecular weight excluding hydrogens is 348 g/mol. The zero-order valence-electron chi connectivity index (χ0n) is 14.8. The van der Waals surface area contributed by atoms with Crippen LogP contribution in [-0.4, -0.2) is 40.0 Å². The molecule has 0 bridgehead atoms. The summed E-state index contributed by atoms with van der Waals surface area (Å²) in [5.41, 5.74) is 1.73. The third kappa shape index (κ3) is 3.77. The number of aromatic nitrogens is 2. The maximum atomic E-state index is 12.6. The van der Waals surface area contributed by atoms with E-state index in [1.165, 1.54) is 11.3 Å². The van der Waals surface area contributed by atoms with E-state index in [-0.39, 0.29) is 23.7 Å². The zero-order valence-corrected chi connectivity index (χ0v) is 15.6. The van der Waals surface area contributed by atoms with E-state index >= 15 is 0 Å². The predicted molar refractivity (Wildman–Crippen MR) is 101 cm³/mol. The molecule has 0 unspecified atom stereocenters. The van der Waals surface area contributed by atoms with Crippen molar-refractivity contribution in [1.29, 1.82) is 0 Å². The lowest BCUT2D eigenvalue weighted by atomic mass is 9.95. The lowest BCUT2D eigenvalue weighted by molar-refractivity contribution is -0.135. The number of benzene rings is 1. The number of hydrogen-bond donors (Lipinski definition) is 1. The first-order valence-corrected chi connectivity index (χ1v) is 9.92. The topological polar surface area (TPSA) is 75.2 Å². The Kier molecular flexibility index (Phi) is 4.72. The molecule has 1 saturated carbocycles. The fourth-order valence-electron chi connectivity index (χ4n) is 3.34. The molecule has 2 aromatic rings. The minimum atomic E-state index is -0.0364. The third-order valence-electron chi connectivity index (χ3n) is 5.01. The van der Waals surface area contributed by atoms with E-state index in [1.807, 2.05) is 36.1 Å². The molecule has 2 amide bonds. The summed E-state index contributed by atoms with van der Waals surface area (Å²) < 4.78 is 0. The summed E-state index contributed by atoms with van der Waals surface area (Å²) in [6.07, 6.45) is 3.53. The van der Waals surface area contributed by atoms with Gasteiger partial charge < -0.3 is 10.2 Å². The van der Waals surface area contributed by atoms with Crippen LogP contribution in [0.15, 0.2) is 24.3 Å². The number of piperidine rings is 1. The Bertz CT molecular complexity index is 822. The van der Waals surface area contributed by atoms with Crippen molar-refractivity contribution >= 4 is 28.8 Å². The molecule has 2 aliphatic rings. The van der Waals surface area contributed by atoms with Crippen molar-refractivity contribution in [3.8, 4) is 10.6 Å². The van der Waals surface area contributed by atoms with Crippen molar-refractivity contribution in [2.75, 3.05) is 18.4 Å². The fraction of sp³-hybridized carbons (Fsp3) is 0.474. The Morgan fingerprint density at radius 3 is 2.54 bits per heavy atom. The summed E-state index contributed by atoms with van der Waals surface area (Å²) in [4.78, 5) is 26.6. The summed E-state index contributed by atoms with van der Waals surface area (Å²) in [6.45, 7) is 3.31. The van der Waals surface area contributed by atoms with Crippen molar-refractivity contribution in [2.45, 2.75) is 32.6 Å². The van der Waals surface area contributed by atoms with E-state index in [2.05, 4.69) is 15.5 Å². The smallest absolute Gasteiger partial charge is 0.227 e. The molecule has 6 nitrogen and oxygen atoms in total. The van der Waals surface area contributed by atoms with Gasteiger partial charge in [0.15, 0.2) is 0 Å². The molecule has 0 radical (unpaired) electrons. The van der Waals surface area contributed by atoms with Crippen LogP contribution in [0.1, 0.15) is 30.7 Å². The van der Waals surface area contributed by atoms with Crippen LogP contribution in [0.5, 0.6) is 0 Å². The largest absolute Gasteiger partial charge is 0.342 e. The molecule has 4 rings (SSSR count). The number of aryl methyl sites for hydroxylation is 1. The summed E-state index contributed by atoms with van der Waals surface area (Å²) in [7, 11) is 0. The van der Waals surface area contributed by atoms with Gasteiger partial charge in [-0.25, -0.2) is 0 Å². The number of anilines is 1. The van der Waals surface area contributed by atoms with Gasteiger partial charge in [0, 0.05) is 36.2 Å². The summed E-state index contributed by atoms with van der Waals surface area (Å²) in [5, 5.41) is 13.0. The third-order valence-corrected chi connectivity index (χ3v) is 5.89. The van der Waals surface area contributed by atoms with Crippen molar-refractivity contribution in [2.24, 2.45) is 11.8 Å². The van der Waals surface area contributed by atoms with Crippen LogP contribution in [0, 0.1) is 18.8 Å². The molecule has 0 atom stereocenters. The molecule has 1 N–H and O–H groups in total. The minimum absolute atomic E-state index is 0.0362. The molecule has 1 aromatic carbocycles. The van der Waals surface area contributed by atoms with Gasteiger partial charge in [-0.15, -0.1) is 10.2 Å². The van der Waals surface area contributed by atoms with Crippen LogP contribution in [0.2, 0.25) is 0 Å². The summed E-state index contributed by atoms with van der Waals surface area (Å²) in [5.74, 6) is 0.538. The number of rotatable bonds is 4. The number of nitrogens with one attached hydrogen (secondary N) is 1. The van der Waals surface area contributed by atoms with Crippen molar-refractivity contribution in [3.05, 3.63) is 29.3 Å². The predicted octanol–water partition coefficient (Wildman–Crippen LogP) is 3.10. The van der Waals surface area contributed by atoms with Gasteiger partial charge in [0.05, 0.1) is 0 Å². The van der Waals surface area contributed by atoms with Crippen LogP contribution in [0.4, 0.5) is 5.69 Å². The van der Waals surface area contributed by atoms with Crippen LogP contribution in [-0.2, 0) is 9.59 Å². The Morgan fingerprint density at radius 2 is 1.88 bits per heavy atom. The number of amides is 2. The maximum absolute atomic E-state index is 12.6. The van der Waals surface area contributed by atoms with Gasteiger partial charge in [0.25, 0.3) is 0 Å². The van der Waals surface area contributed by atoms with Crippen molar-refractivity contribution in [3.63, 3.8) is 0 Å². The Morgan fingerprint density at radius 1 is 1.12 bits per heavy atom. The zero-order chi connectivity index (χ0) is 18.1. The van der Waals surface area contributed by atoms with Crippen LogP contribution in [0.25, 0.3) is 10.6 Å². The average molecular weight is 370 g/mol. The lowest BCUT2D eigenvalue weighted by Gasteiger charge is -2.31. The molecule has 1 aliphatic carbocycles. The average Bonchev–Trinajstić information content (AvgIpc) is 3.42. The Balaban J connectivity index is 1.35. The number of carbonyl (C=O) groups is 2. The number of nitrogens with zero attached hydrogens (tertiary/aromatic N) is 3. The van der Waals surface area contributed by atoms with Gasteiger partial charge in [-0.05, 0) is 44.7 Å². The van der Waals surface area contributed by atoms with E-state index in [4.69, 9.17) is 0 Å². The highest BCUT2D eigenvalue weighted by Crippen LogP contribution is 2.32. The summed E-state index contributed by atoms with van der Waals surface area (Å²) in [6, 6.07) is 7.71. The molecule has 136 valence electrons. The SMILES string of the molecule is Cc1nnc(-c2cccc(NC(=O)C3CCN(C(=O)C4CC4)CC3)c2)s1. The highest BCUT2D eigenvalue weighted by atomic mass is 32.1. The molecule has 1 aliphatic heterocycles. The first-order valence-electron chi connectivity index (χ1n) is 9.10. The molecule has 0 spiro atoms. The first kappa shape index (κ1) is 17.1. The molecule has 26 heavy (non-hydrogen) atoms. The van der Waals surface area contributed by atoms with E-state index < -0.39 is 0 Å². The van der Waals surface area contributed by atoms with E-state index in [1.54, 1.807) is 0 Å². The Labute approximate surface area is 156 Å². The first-order chi connectivity index (χ1) is 12.6. The molecule has 1 saturated heterocycles. The molecular formula is C19H22N4O2S. The van der Waals surface area contributed by atoms with Gasteiger partial charge in [-0.2, -0.15) is 0 Å². The standard InChI is InChI=1S/C19H22N4O2S/c1-12-21-22-18(26-12)15-3-2-4-16(11-15)20-17(24)13-7-9-23(10-8-13)19(25)14-5-6-14/h2-4,11,13-14H,5-10H2,1H3,(H,20,24). The second-order valence-corrected chi connectivity index (χ2v) is 8.25. The number of carbonyl (C=O) groups excluding carboxylic acids is 2. The monoisotopic (exact) mass is 370 g/mol. The highest BCUT2D eigenvalue weighted by molar-refractivity contribution is 7.14. The van der Waals surface area contributed by atoms with E-state index in [9.17, 15) is 9.59 Å². The Hall–Kier alpha value is -2.28. The quantitative estimate of drug-likeness (QED) is 0.897. The number of hydrogen-bond acceptors (Lipinski definition) is 5. The maximum Gasteiger partial charge on any atom is 0.227 e. The highest BCUT2D eigenvalue weighted by Gasteiger charge is 2.35. The minimum Gasteiger partial charge on any atom is -0.342 e. The molecule has 2 heterocycles. The van der Waals surface area contributed by atoms with Crippen LogP contribution < -0.4 is 5.32 Å². The van der Waals surface area contributed by atoms with E-state index in [0.29, 0.717) is 13.1 Å². The number of likely N-dealkylation sites (tertiary alicyclic amines) is 1.